The monoisotopic (exact) mass is 229 g/mol. The highest BCUT2D eigenvalue weighted by molar-refractivity contribution is 7.13. The van der Waals surface area contributed by atoms with Crippen LogP contribution in [0, 0.1) is 6.92 Å². The molecule has 6 nitrogen and oxygen atoms in total. The van der Waals surface area contributed by atoms with Crippen molar-refractivity contribution < 1.29 is 14.7 Å². The van der Waals surface area contributed by atoms with Crippen molar-refractivity contribution in [2.75, 3.05) is 18.4 Å². The SMILES string of the molecule is Cc1csc(NCC(=O)NCC(=O)O)n1. The number of carboxylic acids is 1. The first kappa shape index (κ1) is 11.4. The van der Waals surface area contributed by atoms with Gasteiger partial charge in [0.1, 0.15) is 6.54 Å². The van der Waals surface area contributed by atoms with Crippen LogP contribution in [-0.4, -0.2) is 35.1 Å². The average Bonchev–Trinajstić information content (AvgIpc) is 2.58. The van der Waals surface area contributed by atoms with Gasteiger partial charge in [-0.25, -0.2) is 4.98 Å². The minimum atomic E-state index is -1.06. The second-order valence-corrected chi connectivity index (χ2v) is 3.68. The number of thiazole rings is 1. The standard InChI is InChI=1S/C8H11N3O3S/c1-5-4-15-8(11-5)10-2-6(12)9-3-7(13)14/h4H,2-3H2,1H3,(H,9,12)(H,10,11)(H,13,14). The first-order valence-electron chi connectivity index (χ1n) is 4.22. The number of aryl methyl sites for hydroxylation is 1. The molecule has 1 heterocycles. The van der Waals surface area contributed by atoms with Gasteiger partial charge in [0.15, 0.2) is 5.13 Å². The van der Waals surface area contributed by atoms with Gasteiger partial charge in [0.25, 0.3) is 0 Å². The van der Waals surface area contributed by atoms with Crippen LogP contribution < -0.4 is 10.6 Å². The Hall–Kier alpha value is -1.63. The predicted octanol–water partition coefficient (Wildman–Crippen LogP) is 0.0642. The van der Waals surface area contributed by atoms with Crippen molar-refractivity contribution in [2.45, 2.75) is 6.92 Å². The Bertz CT molecular complexity index is 364. The molecule has 0 fully saturated rings. The number of amides is 1. The number of hydrogen-bond donors (Lipinski definition) is 3. The molecule has 0 spiro atoms. The molecule has 0 aliphatic rings. The minimum Gasteiger partial charge on any atom is -0.480 e. The Morgan fingerprint density at radius 1 is 1.53 bits per heavy atom. The van der Waals surface area contributed by atoms with Crippen molar-refractivity contribution in [3.05, 3.63) is 11.1 Å². The van der Waals surface area contributed by atoms with Crippen molar-refractivity contribution >= 4 is 28.3 Å². The van der Waals surface area contributed by atoms with Gasteiger partial charge in [-0.3, -0.25) is 9.59 Å². The van der Waals surface area contributed by atoms with Crippen LogP contribution in [-0.2, 0) is 9.59 Å². The van der Waals surface area contributed by atoms with Crippen molar-refractivity contribution in [3.8, 4) is 0 Å². The molecule has 3 N–H and O–H groups in total. The molecular weight excluding hydrogens is 218 g/mol. The lowest BCUT2D eigenvalue weighted by Crippen LogP contribution is -2.33. The summed E-state index contributed by atoms with van der Waals surface area (Å²) in [5.74, 6) is -1.43. The average molecular weight is 229 g/mol. The van der Waals surface area contributed by atoms with Gasteiger partial charge >= 0.3 is 5.97 Å². The summed E-state index contributed by atoms with van der Waals surface area (Å²) in [6.07, 6.45) is 0. The fourth-order valence-corrected chi connectivity index (χ4v) is 1.51. The normalized spacial score (nSPS) is 9.67. The molecule has 15 heavy (non-hydrogen) atoms. The third-order valence-electron chi connectivity index (χ3n) is 1.46. The molecule has 0 radical (unpaired) electrons. The number of rotatable bonds is 5. The summed E-state index contributed by atoms with van der Waals surface area (Å²) in [5.41, 5.74) is 0.883. The second kappa shape index (κ2) is 5.30. The Balaban J connectivity index is 2.25. The van der Waals surface area contributed by atoms with E-state index in [0.29, 0.717) is 5.13 Å². The molecule has 0 unspecified atom stereocenters. The van der Waals surface area contributed by atoms with E-state index in [4.69, 9.17) is 5.11 Å². The zero-order valence-electron chi connectivity index (χ0n) is 8.11. The lowest BCUT2D eigenvalue weighted by molar-refractivity contribution is -0.137. The molecule has 1 amide bonds. The Morgan fingerprint density at radius 3 is 2.80 bits per heavy atom. The molecule has 0 saturated heterocycles. The lowest BCUT2D eigenvalue weighted by atomic mass is 10.5. The van der Waals surface area contributed by atoms with E-state index in [2.05, 4.69) is 15.6 Å². The van der Waals surface area contributed by atoms with Crippen molar-refractivity contribution in [2.24, 2.45) is 0 Å². The number of carbonyl (C=O) groups excluding carboxylic acids is 1. The summed E-state index contributed by atoms with van der Waals surface area (Å²) in [6.45, 7) is 1.52. The van der Waals surface area contributed by atoms with Gasteiger partial charge in [-0.2, -0.15) is 0 Å². The van der Waals surface area contributed by atoms with Gasteiger partial charge in [0.05, 0.1) is 12.2 Å². The number of carbonyl (C=O) groups is 2. The zero-order valence-corrected chi connectivity index (χ0v) is 8.93. The maximum Gasteiger partial charge on any atom is 0.322 e. The molecule has 0 atom stereocenters. The van der Waals surface area contributed by atoms with Crippen molar-refractivity contribution in [1.29, 1.82) is 0 Å². The van der Waals surface area contributed by atoms with Gasteiger partial charge in [0.2, 0.25) is 5.91 Å². The fourth-order valence-electron chi connectivity index (χ4n) is 0.828. The van der Waals surface area contributed by atoms with Crippen molar-refractivity contribution in [1.82, 2.24) is 10.3 Å². The highest BCUT2D eigenvalue weighted by atomic mass is 32.1. The Morgan fingerprint density at radius 2 is 2.27 bits per heavy atom. The van der Waals surface area contributed by atoms with E-state index in [1.54, 1.807) is 0 Å². The topological polar surface area (TPSA) is 91.3 Å². The van der Waals surface area contributed by atoms with Gasteiger partial charge in [-0.1, -0.05) is 0 Å². The van der Waals surface area contributed by atoms with E-state index in [1.165, 1.54) is 11.3 Å². The molecule has 7 heteroatoms. The van der Waals surface area contributed by atoms with Crippen LogP contribution in [0.25, 0.3) is 0 Å². The molecule has 82 valence electrons. The third kappa shape index (κ3) is 4.41. The number of aromatic nitrogens is 1. The molecule has 1 aromatic heterocycles. The van der Waals surface area contributed by atoms with Crippen LogP contribution >= 0.6 is 11.3 Å². The Labute approximate surface area is 90.3 Å². The van der Waals surface area contributed by atoms with Crippen LogP contribution in [0.1, 0.15) is 5.69 Å². The summed E-state index contributed by atoms with van der Waals surface area (Å²) in [5, 5.41) is 15.8. The summed E-state index contributed by atoms with van der Waals surface area (Å²) >= 11 is 1.40. The predicted molar refractivity (Wildman–Crippen MR) is 56.0 cm³/mol. The fraction of sp³-hybridized carbons (Fsp3) is 0.375. The summed E-state index contributed by atoms with van der Waals surface area (Å²) in [4.78, 5) is 25.3. The van der Waals surface area contributed by atoms with Gasteiger partial charge < -0.3 is 15.7 Å². The highest BCUT2D eigenvalue weighted by Crippen LogP contribution is 2.13. The zero-order chi connectivity index (χ0) is 11.3. The Kier molecular flexibility index (Phi) is 4.04. The summed E-state index contributed by atoms with van der Waals surface area (Å²) < 4.78 is 0. The number of hydrogen-bond acceptors (Lipinski definition) is 5. The molecule has 0 bridgehead atoms. The molecule has 1 rings (SSSR count). The number of carboxylic acid groups (broad SMARTS) is 1. The molecule has 0 aliphatic heterocycles. The molecule has 0 aromatic carbocycles. The second-order valence-electron chi connectivity index (χ2n) is 2.82. The van der Waals surface area contributed by atoms with Gasteiger partial charge in [-0.15, -0.1) is 11.3 Å². The van der Waals surface area contributed by atoms with E-state index in [9.17, 15) is 9.59 Å². The third-order valence-corrected chi connectivity index (χ3v) is 2.37. The molecule has 0 saturated carbocycles. The van der Waals surface area contributed by atoms with E-state index in [1.807, 2.05) is 12.3 Å². The van der Waals surface area contributed by atoms with Crippen LogP contribution in [0.4, 0.5) is 5.13 Å². The van der Waals surface area contributed by atoms with E-state index in [0.717, 1.165) is 5.69 Å². The van der Waals surface area contributed by atoms with E-state index >= 15 is 0 Å². The molecule has 1 aromatic rings. The maximum atomic E-state index is 11.1. The minimum absolute atomic E-state index is 0.0280. The number of aliphatic carboxylic acids is 1. The van der Waals surface area contributed by atoms with Crippen LogP contribution in [0.5, 0.6) is 0 Å². The van der Waals surface area contributed by atoms with E-state index < -0.39 is 5.97 Å². The van der Waals surface area contributed by atoms with Crippen LogP contribution in [0.15, 0.2) is 5.38 Å². The van der Waals surface area contributed by atoms with Crippen LogP contribution in [0.2, 0.25) is 0 Å². The lowest BCUT2D eigenvalue weighted by Gasteiger charge is -2.02. The first-order valence-corrected chi connectivity index (χ1v) is 5.10. The van der Waals surface area contributed by atoms with Crippen molar-refractivity contribution in [3.63, 3.8) is 0 Å². The smallest absolute Gasteiger partial charge is 0.322 e. The maximum absolute atomic E-state index is 11.1. The molecule has 0 aliphatic carbocycles. The number of nitrogens with zero attached hydrogens (tertiary/aromatic N) is 1. The molecular formula is C8H11N3O3S. The largest absolute Gasteiger partial charge is 0.480 e. The summed E-state index contributed by atoms with van der Waals surface area (Å²) in [6, 6.07) is 0. The summed E-state index contributed by atoms with van der Waals surface area (Å²) in [7, 11) is 0. The first-order chi connectivity index (χ1) is 7.08. The number of nitrogens with one attached hydrogen (secondary N) is 2. The number of anilines is 1. The van der Waals surface area contributed by atoms with E-state index in [-0.39, 0.29) is 19.0 Å². The van der Waals surface area contributed by atoms with Crippen LogP contribution in [0.3, 0.4) is 0 Å². The van der Waals surface area contributed by atoms with Gasteiger partial charge in [0, 0.05) is 5.38 Å². The quantitative estimate of drug-likeness (QED) is 0.664. The van der Waals surface area contributed by atoms with Gasteiger partial charge in [-0.05, 0) is 6.92 Å². The highest BCUT2D eigenvalue weighted by Gasteiger charge is 2.04.